The van der Waals surface area contributed by atoms with E-state index in [0.29, 0.717) is 5.56 Å². The molecule has 0 saturated carbocycles. The highest BCUT2D eigenvalue weighted by Crippen LogP contribution is 2.29. The van der Waals surface area contributed by atoms with Gasteiger partial charge in [0.15, 0.2) is 5.78 Å². The number of carbonyl (C=O) groups is 1. The second-order valence-electron chi connectivity index (χ2n) is 3.88. The van der Waals surface area contributed by atoms with E-state index in [-0.39, 0.29) is 11.3 Å². The van der Waals surface area contributed by atoms with Gasteiger partial charge in [-0.1, -0.05) is 24.3 Å². The predicted octanol–water partition coefficient (Wildman–Crippen LogP) is 4.54. The summed E-state index contributed by atoms with van der Waals surface area (Å²) in [4.78, 5) is 12.1. The molecule has 0 aliphatic carbocycles. The molecule has 19 heavy (non-hydrogen) atoms. The van der Waals surface area contributed by atoms with Gasteiger partial charge in [0.1, 0.15) is 0 Å². The number of carbonyl (C=O) groups excluding carboxylic acids is 1. The van der Waals surface area contributed by atoms with Crippen molar-refractivity contribution < 1.29 is 18.0 Å². The molecule has 2 aromatic carbocycles. The van der Waals surface area contributed by atoms with Crippen LogP contribution in [0.1, 0.15) is 21.5 Å². The molecule has 0 amide bonds. The molecule has 0 heterocycles. The predicted molar refractivity (Wildman–Crippen MR) is 74.0 cm³/mol. The fourth-order valence-corrected chi connectivity index (χ4v) is 2.24. The van der Waals surface area contributed by atoms with E-state index in [9.17, 15) is 18.0 Å². The van der Waals surface area contributed by atoms with Gasteiger partial charge in [-0.05, 0) is 46.9 Å². The van der Waals surface area contributed by atoms with Crippen LogP contribution < -0.4 is 0 Å². The minimum atomic E-state index is -4.39. The maximum Gasteiger partial charge on any atom is 0.416 e. The highest BCUT2D eigenvalue weighted by Gasteiger charge is 2.30. The van der Waals surface area contributed by atoms with Crippen molar-refractivity contribution in [1.29, 1.82) is 0 Å². The van der Waals surface area contributed by atoms with Crippen molar-refractivity contribution in [3.63, 3.8) is 0 Å². The van der Waals surface area contributed by atoms with Gasteiger partial charge in [0.2, 0.25) is 0 Å². The fraction of sp³-hybridized carbons (Fsp3) is 0.0714. The summed E-state index contributed by atoms with van der Waals surface area (Å²) in [5.74, 6) is -0.279. The Balaban J connectivity index is 2.34. The molecule has 1 nitrogen and oxygen atoms in total. The molecular formula is C14H8F3IO. The minimum absolute atomic E-state index is 0.247. The van der Waals surface area contributed by atoms with Crippen LogP contribution in [0.4, 0.5) is 13.2 Å². The van der Waals surface area contributed by atoms with Crippen molar-refractivity contribution >= 4 is 28.4 Å². The van der Waals surface area contributed by atoms with Crippen molar-refractivity contribution in [2.24, 2.45) is 0 Å². The van der Waals surface area contributed by atoms with E-state index in [4.69, 9.17) is 0 Å². The normalized spacial score (nSPS) is 11.4. The van der Waals surface area contributed by atoms with Gasteiger partial charge in [-0.15, -0.1) is 0 Å². The number of ketones is 1. The van der Waals surface area contributed by atoms with Gasteiger partial charge in [-0.25, -0.2) is 0 Å². The van der Waals surface area contributed by atoms with E-state index < -0.39 is 11.7 Å². The monoisotopic (exact) mass is 376 g/mol. The number of benzene rings is 2. The standard InChI is InChI=1S/C14H8F3IO/c15-14(16,17)10-7-5-9(6-8-10)13(19)11-3-1-2-4-12(11)18/h1-8H. The Morgan fingerprint density at radius 1 is 0.947 bits per heavy atom. The van der Waals surface area contributed by atoms with Crippen LogP contribution in [-0.2, 0) is 6.18 Å². The Bertz CT molecular complexity index is 603. The third-order valence-corrected chi connectivity index (χ3v) is 3.53. The Morgan fingerprint density at radius 3 is 2.05 bits per heavy atom. The van der Waals surface area contributed by atoms with Gasteiger partial charge in [0.05, 0.1) is 5.56 Å². The van der Waals surface area contributed by atoms with E-state index >= 15 is 0 Å². The maximum atomic E-state index is 12.4. The molecule has 0 saturated heterocycles. The summed E-state index contributed by atoms with van der Waals surface area (Å²) in [5.41, 5.74) is -0.0215. The van der Waals surface area contributed by atoms with Crippen LogP contribution in [0.25, 0.3) is 0 Å². The minimum Gasteiger partial charge on any atom is -0.289 e. The molecule has 0 bridgehead atoms. The summed E-state index contributed by atoms with van der Waals surface area (Å²) in [6.45, 7) is 0. The lowest BCUT2D eigenvalue weighted by Gasteiger charge is -2.08. The van der Waals surface area contributed by atoms with E-state index in [2.05, 4.69) is 0 Å². The third kappa shape index (κ3) is 3.15. The Kier molecular flexibility index (Phi) is 3.93. The lowest BCUT2D eigenvalue weighted by molar-refractivity contribution is -0.137. The van der Waals surface area contributed by atoms with Gasteiger partial charge >= 0.3 is 6.18 Å². The molecule has 0 unspecified atom stereocenters. The molecule has 5 heteroatoms. The molecule has 2 aromatic rings. The highest BCUT2D eigenvalue weighted by molar-refractivity contribution is 14.1. The summed E-state index contributed by atoms with van der Waals surface area (Å²) < 4.78 is 38.0. The summed E-state index contributed by atoms with van der Waals surface area (Å²) in [7, 11) is 0. The molecule has 0 radical (unpaired) electrons. The van der Waals surface area contributed by atoms with Gasteiger partial charge in [-0.3, -0.25) is 4.79 Å². The van der Waals surface area contributed by atoms with E-state index in [1.807, 2.05) is 22.6 Å². The summed E-state index contributed by atoms with van der Waals surface area (Å²) >= 11 is 2.02. The molecule has 0 aliphatic heterocycles. The van der Waals surface area contributed by atoms with Crippen molar-refractivity contribution in [2.75, 3.05) is 0 Å². The van der Waals surface area contributed by atoms with E-state index in [1.54, 1.807) is 24.3 Å². The molecule has 0 fully saturated rings. The first-order valence-electron chi connectivity index (χ1n) is 5.36. The molecule has 0 aliphatic rings. The van der Waals surface area contributed by atoms with Crippen molar-refractivity contribution in [2.45, 2.75) is 6.18 Å². The molecule has 0 N–H and O–H groups in total. The Hall–Kier alpha value is -1.37. The summed E-state index contributed by atoms with van der Waals surface area (Å²) in [6.07, 6.45) is -4.39. The number of rotatable bonds is 2. The second kappa shape index (κ2) is 5.32. The fourth-order valence-electron chi connectivity index (χ4n) is 1.61. The quantitative estimate of drug-likeness (QED) is 0.556. The van der Waals surface area contributed by atoms with Crippen LogP contribution in [0.5, 0.6) is 0 Å². The zero-order chi connectivity index (χ0) is 14.0. The molecule has 98 valence electrons. The van der Waals surface area contributed by atoms with Gasteiger partial charge in [0, 0.05) is 14.7 Å². The first-order valence-corrected chi connectivity index (χ1v) is 6.44. The third-order valence-electron chi connectivity index (χ3n) is 2.59. The first kappa shape index (κ1) is 14.0. The van der Waals surface area contributed by atoms with Gasteiger partial charge < -0.3 is 0 Å². The molecular weight excluding hydrogens is 368 g/mol. The molecule has 0 aromatic heterocycles. The molecule has 0 atom stereocenters. The SMILES string of the molecule is O=C(c1ccc(C(F)(F)F)cc1)c1ccccc1I. The van der Waals surface area contributed by atoms with Crippen LogP contribution >= 0.6 is 22.6 Å². The van der Waals surface area contributed by atoms with Crippen LogP contribution in [0.15, 0.2) is 48.5 Å². The van der Waals surface area contributed by atoms with Crippen molar-refractivity contribution in [3.05, 3.63) is 68.8 Å². The van der Waals surface area contributed by atoms with Crippen LogP contribution in [-0.4, -0.2) is 5.78 Å². The largest absolute Gasteiger partial charge is 0.416 e. The topological polar surface area (TPSA) is 17.1 Å². The van der Waals surface area contributed by atoms with Crippen LogP contribution in [0.2, 0.25) is 0 Å². The maximum absolute atomic E-state index is 12.4. The lowest BCUT2D eigenvalue weighted by atomic mass is 10.0. The number of halogens is 4. The number of alkyl halides is 3. The van der Waals surface area contributed by atoms with Crippen LogP contribution in [0, 0.1) is 3.57 Å². The molecule has 2 rings (SSSR count). The zero-order valence-electron chi connectivity index (χ0n) is 9.54. The van der Waals surface area contributed by atoms with Crippen molar-refractivity contribution in [3.8, 4) is 0 Å². The second-order valence-corrected chi connectivity index (χ2v) is 5.05. The smallest absolute Gasteiger partial charge is 0.289 e. The van der Waals surface area contributed by atoms with E-state index in [0.717, 1.165) is 15.7 Å². The number of hydrogen-bond acceptors (Lipinski definition) is 1. The van der Waals surface area contributed by atoms with Crippen molar-refractivity contribution in [1.82, 2.24) is 0 Å². The highest BCUT2D eigenvalue weighted by atomic mass is 127. The van der Waals surface area contributed by atoms with Gasteiger partial charge in [-0.2, -0.15) is 13.2 Å². The summed E-state index contributed by atoms with van der Waals surface area (Å²) in [6, 6.07) is 11.2. The van der Waals surface area contributed by atoms with Gasteiger partial charge in [0.25, 0.3) is 0 Å². The van der Waals surface area contributed by atoms with Crippen LogP contribution in [0.3, 0.4) is 0 Å². The lowest BCUT2D eigenvalue weighted by Crippen LogP contribution is -2.07. The Morgan fingerprint density at radius 2 is 1.53 bits per heavy atom. The average molecular weight is 376 g/mol. The number of hydrogen-bond donors (Lipinski definition) is 0. The van der Waals surface area contributed by atoms with E-state index in [1.165, 1.54) is 12.1 Å². The zero-order valence-corrected chi connectivity index (χ0v) is 11.7. The average Bonchev–Trinajstić information content (AvgIpc) is 2.38. The summed E-state index contributed by atoms with van der Waals surface area (Å²) in [5, 5.41) is 0. The molecule has 0 spiro atoms. The first-order chi connectivity index (χ1) is 8.89. The Labute approximate surface area is 121 Å².